The van der Waals surface area contributed by atoms with Crippen LogP contribution >= 0.6 is 11.8 Å². The number of imidazole rings is 1. The Hall–Kier alpha value is -1.81. The molecule has 1 aromatic carbocycles. The van der Waals surface area contributed by atoms with Crippen LogP contribution in [0.1, 0.15) is 23.4 Å². The average Bonchev–Trinajstić information content (AvgIpc) is 2.81. The summed E-state index contributed by atoms with van der Waals surface area (Å²) in [6.07, 6.45) is 1.83. The summed E-state index contributed by atoms with van der Waals surface area (Å²) in [5.74, 6) is 0. The van der Waals surface area contributed by atoms with Crippen molar-refractivity contribution in [3.63, 3.8) is 0 Å². The first-order valence-corrected chi connectivity index (χ1v) is 7.14. The van der Waals surface area contributed by atoms with Crippen LogP contribution in [0.2, 0.25) is 0 Å². The van der Waals surface area contributed by atoms with Crippen LogP contribution < -0.4 is 0 Å². The van der Waals surface area contributed by atoms with Crippen molar-refractivity contribution in [2.24, 2.45) is 0 Å². The lowest BCUT2D eigenvalue weighted by molar-refractivity contribution is 0.984. The van der Waals surface area contributed by atoms with Crippen molar-refractivity contribution in [1.82, 2.24) is 15.0 Å². The van der Waals surface area contributed by atoms with Gasteiger partial charge in [-0.25, -0.2) is 4.98 Å². The molecule has 3 aromatic rings. The number of fused-ring (bicyclic) bond motifs is 1. The van der Waals surface area contributed by atoms with Crippen LogP contribution in [0.25, 0.3) is 11.0 Å². The van der Waals surface area contributed by atoms with E-state index in [2.05, 4.69) is 47.0 Å². The van der Waals surface area contributed by atoms with Gasteiger partial charge in [0.25, 0.3) is 0 Å². The molecule has 0 aliphatic heterocycles. The van der Waals surface area contributed by atoms with E-state index >= 15 is 0 Å². The first-order valence-electron chi connectivity index (χ1n) is 6.26. The van der Waals surface area contributed by atoms with Gasteiger partial charge < -0.3 is 4.98 Å². The van der Waals surface area contributed by atoms with E-state index in [0.29, 0.717) is 0 Å². The highest BCUT2D eigenvalue weighted by Gasteiger charge is 2.11. The van der Waals surface area contributed by atoms with Crippen molar-refractivity contribution in [2.45, 2.75) is 24.3 Å². The first kappa shape index (κ1) is 12.2. The minimum Gasteiger partial charge on any atom is -0.333 e. The Morgan fingerprint density at radius 2 is 2.11 bits per heavy atom. The van der Waals surface area contributed by atoms with E-state index in [9.17, 15) is 0 Å². The summed E-state index contributed by atoms with van der Waals surface area (Å²) in [6, 6.07) is 12.3. The number of aryl methyl sites for hydroxylation is 1. The van der Waals surface area contributed by atoms with Gasteiger partial charge in [0.2, 0.25) is 0 Å². The molecule has 0 aliphatic rings. The SMILES string of the molecule is Cc1ccc2nc(SC(C)c3ccccn3)[nH]c2c1. The molecule has 4 heteroatoms. The molecular formula is C15H15N3S. The van der Waals surface area contributed by atoms with Gasteiger partial charge in [0, 0.05) is 6.20 Å². The fourth-order valence-corrected chi connectivity index (χ4v) is 2.92. The number of hydrogen-bond donors (Lipinski definition) is 1. The summed E-state index contributed by atoms with van der Waals surface area (Å²) < 4.78 is 0. The number of aromatic nitrogens is 3. The molecule has 2 aromatic heterocycles. The summed E-state index contributed by atoms with van der Waals surface area (Å²) in [5.41, 5.74) is 4.42. The molecule has 0 fully saturated rings. The number of nitrogens with one attached hydrogen (secondary N) is 1. The molecule has 0 saturated heterocycles. The van der Waals surface area contributed by atoms with E-state index in [0.717, 1.165) is 21.9 Å². The number of H-pyrrole nitrogens is 1. The second kappa shape index (κ2) is 5.05. The molecule has 96 valence electrons. The molecule has 1 atom stereocenters. The van der Waals surface area contributed by atoms with E-state index in [1.807, 2.05) is 24.4 Å². The van der Waals surface area contributed by atoms with Crippen LogP contribution in [0.15, 0.2) is 47.8 Å². The maximum atomic E-state index is 4.60. The third kappa shape index (κ3) is 2.63. The van der Waals surface area contributed by atoms with Gasteiger partial charge in [-0.15, -0.1) is 0 Å². The molecule has 3 rings (SSSR count). The molecule has 0 aliphatic carbocycles. The average molecular weight is 269 g/mol. The summed E-state index contributed by atoms with van der Waals surface area (Å²) in [6.45, 7) is 4.23. The van der Waals surface area contributed by atoms with Gasteiger partial charge in [-0.3, -0.25) is 4.98 Å². The Labute approximate surface area is 116 Å². The van der Waals surface area contributed by atoms with Crippen LogP contribution in [0.5, 0.6) is 0 Å². The van der Waals surface area contributed by atoms with Gasteiger partial charge >= 0.3 is 0 Å². The maximum Gasteiger partial charge on any atom is 0.167 e. The number of pyridine rings is 1. The van der Waals surface area contributed by atoms with Gasteiger partial charge in [0.15, 0.2) is 5.16 Å². The second-order valence-corrected chi connectivity index (χ2v) is 5.91. The summed E-state index contributed by atoms with van der Waals surface area (Å²) in [5, 5.41) is 1.22. The maximum absolute atomic E-state index is 4.60. The smallest absolute Gasteiger partial charge is 0.167 e. The quantitative estimate of drug-likeness (QED) is 0.727. The Morgan fingerprint density at radius 3 is 2.89 bits per heavy atom. The fourth-order valence-electron chi connectivity index (χ4n) is 2.00. The molecule has 1 N–H and O–H groups in total. The largest absolute Gasteiger partial charge is 0.333 e. The van der Waals surface area contributed by atoms with Crippen LogP contribution in [0.3, 0.4) is 0 Å². The molecule has 0 amide bonds. The standard InChI is InChI=1S/C15H15N3S/c1-10-6-7-13-14(9-10)18-15(17-13)19-11(2)12-5-3-4-8-16-12/h3-9,11H,1-2H3,(H,17,18). The first-order chi connectivity index (χ1) is 9.22. The van der Waals surface area contributed by atoms with Crippen LogP contribution in [0, 0.1) is 6.92 Å². The Morgan fingerprint density at radius 1 is 1.21 bits per heavy atom. The lowest BCUT2D eigenvalue weighted by Crippen LogP contribution is -1.92. The molecule has 0 spiro atoms. The fraction of sp³-hybridized carbons (Fsp3) is 0.200. The Kier molecular flexibility index (Phi) is 3.25. The topological polar surface area (TPSA) is 41.6 Å². The lowest BCUT2D eigenvalue weighted by atomic mass is 10.2. The van der Waals surface area contributed by atoms with Crippen molar-refractivity contribution in [1.29, 1.82) is 0 Å². The third-order valence-electron chi connectivity index (χ3n) is 3.01. The van der Waals surface area contributed by atoms with Gasteiger partial charge in [-0.1, -0.05) is 23.9 Å². The van der Waals surface area contributed by atoms with Crippen LogP contribution in [-0.2, 0) is 0 Å². The van der Waals surface area contributed by atoms with Crippen LogP contribution in [-0.4, -0.2) is 15.0 Å². The van der Waals surface area contributed by atoms with E-state index in [1.54, 1.807) is 11.8 Å². The van der Waals surface area contributed by atoms with Gasteiger partial charge in [0.1, 0.15) is 0 Å². The van der Waals surface area contributed by atoms with Gasteiger partial charge in [-0.2, -0.15) is 0 Å². The predicted octanol–water partition coefficient (Wildman–Crippen LogP) is 4.12. The van der Waals surface area contributed by atoms with Gasteiger partial charge in [0.05, 0.1) is 22.0 Å². The van der Waals surface area contributed by atoms with E-state index in [4.69, 9.17) is 0 Å². The van der Waals surface area contributed by atoms with Crippen LogP contribution in [0.4, 0.5) is 0 Å². The predicted molar refractivity (Wildman–Crippen MR) is 79.3 cm³/mol. The number of rotatable bonds is 3. The molecule has 0 radical (unpaired) electrons. The number of nitrogens with zero attached hydrogens (tertiary/aromatic N) is 2. The Balaban J connectivity index is 1.85. The van der Waals surface area contributed by atoms with Gasteiger partial charge in [-0.05, 0) is 43.7 Å². The Bertz CT molecular complexity index is 691. The highest BCUT2D eigenvalue weighted by Crippen LogP contribution is 2.32. The zero-order valence-corrected chi connectivity index (χ0v) is 11.7. The minimum absolute atomic E-state index is 0.280. The zero-order valence-electron chi connectivity index (χ0n) is 10.9. The van der Waals surface area contributed by atoms with Crippen molar-refractivity contribution in [2.75, 3.05) is 0 Å². The molecule has 0 saturated carbocycles. The van der Waals surface area contributed by atoms with E-state index in [1.165, 1.54) is 5.56 Å². The molecule has 3 nitrogen and oxygen atoms in total. The summed E-state index contributed by atoms with van der Waals surface area (Å²) in [4.78, 5) is 12.3. The molecule has 2 heterocycles. The van der Waals surface area contributed by atoms with Crippen molar-refractivity contribution in [3.05, 3.63) is 53.9 Å². The molecule has 1 unspecified atom stereocenters. The highest BCUT2D eigenvalue weighted by molar-refractivity contribution is 7.99. The highest BCUT2D eigenvalue weighted by atomic mass is 32.2. The number of benzene rings is 1. The van der Waals surface area contributed by atoms with E-state index in [-0.39, 0.29) is 5.25 Å². The summed E-state index contributed by atoms with van der Waals surface area (Å²) in [7, 11) is 0. The molecular weight excluding hydrogens is 254 g/mol. The molecule has 19 heavy (non-hydrogen) atoms. The van der Waals surface area contributed by atoms with Crippen molar-refractivity contribution >= 4 is 22.8 Å². The monoisotopic (exact) mass is 269 g/mol. The summed E-state index contributed by atoms with van der Waals surface area (Å²) >= 11 is 1.70. The molecule has 0 bridgehead atoms. The minimum atomic E-state index is 0.280. The van der Waals surface area contributed by atoms with Crippen molar-refractivity contribution < 1.29 is 0 Å². The third-order valence-corrected chi connectivity index (χ3v) is 4.02. The van der Waals surface area contributed by atoms with Crippen molar-refractivity contribution in [3.8, 4) is 0 Å². The van der Waals surface area contributed by atoms with E-state index < -0.39 is 0 Å². The zero-order chi connectivity index (χ0) is 13.2. The number of hydrogen-bond acceptors (Lipinski definition) is 3. The number of thioether (sulfide) groups is 1. The lowest BCUT2D eigenvalue weighted by Gasteiger charge is -2.07. The number of aromatic amines is 1. The second-order valence-electron chi connectivity index (χ2n) is 4.58. The normalized spacial score (nSPS) is 12.7.